The first kappa shape index (κ1) is 22.7. The number of hydrogen-bond donors (Lipinski definition) is 7. The van der Waals surface area contributed by atoms with Crippen LogP contribution in [-0.2, 0) is 9.53 Å². The third kappa shape index (κ3) is 5.17. The summed E-state index contributed by atoms with van der Waals surface area (Å²) in [7, 11) is 0. The lowest BCUT2D eigenvalue weighted by molar-refractivity contribution is -0.123. The summed E-state index contributed by atoms with van der Waals surface area (Å²) in [6, 6.07) is -0.906. The van der Waals surface area contributed by atoms with E-state index >= 15 is 0 Å². The second-order valence-corrected chi connectivity index (χ2v) is 7.47. The number of carbonyl (C=O) groups is 1. The number of aliphatic hydroxyl groups excluding tert-OH is 3. The lowest BCUT2D eigenvalue weighted by Gasteiger charge is -2.16. The second kappa shape index (κ2) is 10.3. The van der Waals surface area contributed by atoms with Crippen molar-refractivity contribution in [3.63, 3.8) is 0 Å². The minimum Gasteiger partial charge on any atom is -0.394 e. The lowest BCUT2D eigenvalue weighted by atomic mass is 10.2. The van der Waals surface area contributed by atoms with Gasteiger partial charge in [-0.25, -0.2) is 9.97 Å². The summed E-state index contributed by atoms with van der Waals surface area (Å²) in [6.45, 7) is 0.442. The molecular formula is C17H27N7O5S. The summed E-state index contributed by atoms with van der Waals surface area (Å²) in [5.41, 5.74) is 6.37. The Bertz CT molecular complexity index is 866. The summed E-state index contributed by atoms with van der Waals surface area (Å²) in [4.78, 5) is 24.5. The molecular weight excluding hydrogens is 414 g/mol. The predicted octanol–water partition coefficient (Wildman–Crippen LogP) is -1.62. The number of ether oxygens (including phenoxy) is 1. The van der Waals surface area contributed by atoms with Crippen molar-refractivity contribution in [2.24, 2.45) is 5.73 Å². The Hall–Kier alpha value is -2.03. The maximum absolute atomic E-state index is 11.5. The van der Waals surface area contributed by atoms with Crippen LogP contribution in [-0.4, -0.2) is 85.3 Å². The van der Waals surface area contributed by atoms with E-state index in [1.807, 2.05) is 0 Å². The molecule has 0 aliphatic carbocycles. The number of rotatable bonds is 10. The van der Waals surface area contributed by atoms with Gasteiger partial charge in [0.15, 0.2) is 11.9 Å². The van der Waals surface area contributed by atoms with Crippen molar-refractivity contribution >= 4 is 35.6 Å². The molecule has 0 aromatic carbocycles. The monoisotopic (exact) mass is 441 g/mol. The van der Waals surface area contributed by atoms with E-state index in [0.29, 0.717) is 48.1 Å². The number of thiol groups is 1. The van der Waals surface area contributed by atoms with Crippen LogP contribution < -0.4 is 16.4 Å². The molecule has 0 saturated carbocycles. The maximum Gasteiger partial charge on any atom is 0.239 e. The topological polar surface area (TPSA) is 181 Å². The van der Waals surface area contributed by atoms with Gasteiger partial charge in [0.2, 0.25) is 11.9 Å². The molecule has 30 heavy (non-hydrogen) atoms. The van der Waals surface area contributed by atoms with Crippen molar-refractivity contribution in [2.75, 3.05) is 31.6 Å². The minimum atomic E-state index is -0.906. The molecule has 3 heterocycles. The van der Waals surface area contributed by atoms with Crippen LogP contribution in [0.2, 0.25) is 0 Å². The fourth-order valence-corrected chi connectivity index (χ4v) is 3.39. The highest BCUT2D eigenvalue weighted by molar-refractivity contribution is 7.80. The number of aromatic nitrogens is 4. The Morgan fingerprint density at radius 1 is 1.37 bits per heavy atom. The van der Waals surface area contributed by atoms with Crippen LogP contribution in [0, 0.1) is 0 Å². The van der Waals surface area contributed by atoms with E-state index in [-0.39, 0.29) is 19.1 Å². The van der Waals surface area contributed by atoms with E-state index in [0.717, 1.165) is 6.42 Å². The molecule has 0 spiro atoms. The van der Waals surface area contributed by atoms with Gasteiger partial charge in [0, 0.05) is 19.5 Å². The normalized spacial score (nSPS) is 22.4. The van der Waals surface area contributed by atoms with Crippen LogP contribution in [0.4, 0.5) is 5.95 Å². The summed E-state index contributed by atoms with van der Waals surface area (Å²) >= 11 is 4.37. The van der Waals surface area contributed by atoms with Crippen molar-refractivity contribution in [3.05, 3.63) is 6.33 Å². The van der Waals surface area contributed by atoms with Crippen molar-refractivity contribution < 1.29 is 24.9 Å². The average Bonchev–Trinajstić information content (AvgIpc) is 3.32. The summed E-state index contributed by atoms with van der Waals surface area (Å²) in [6.07, 6.45) is 1.35. The average molecular weight is 442 g/mol. The zero-order valence-electron chi connectivity index (χ0n) is 16.3. The lowest BCUT2D eigenvalue weighted by Crippen LogP contribution is -2.43. The first-order valence-corrected chi connectivity index (χ1v) is 10.1. The predicted molar refractivity (Wildman–Crippen MR) is 110 cm³/mol. The molecule has 2 aromatic rings. The third-order valence-electron chi connectivity index (χ3n) is 4.77. The highest BCUT2D eigenvalue weighted by Gasteiger charge is 2.36. The van der Waals surface area contributed by atoms with E-state index in [4.69, 9.17) is 15.6 Å². The number of nitrogens with zero attached hydrogens (tertiary/aromatic N) is 4. The van der Waals surface area contributed by atoms with E-state index in [1.54, 1.807) is 4.57 Å². The first-order chi connectivity index (χ1) is 14.4. The number of imidazole rings is 1. The third-order valence-corrected chi connectivity index (χ3v) is 5.08. The summed E-state index contributed by atoms with van der Waals surface area (Å²) in [5.74, 6) is -0.0289. The number of hydrogen-bond acceptors (Lipinski definition) is 11. The number of nitrogens with two attached hydrogens (primary N) is 1. The molecule has 3 rings (SSSR count). The first-order valence-electron chi connectivity index (χ1n) is 9.70. The molecule has 0 bridgehead atoms. The number of anilines is 1. The number of unbranched alkanes of at least 4 members (excludes halogenated alkanes) is 1. The van der Waals surface area contributed by atoms with Crippen LogP contribution >= 0.6 is 12.6 Å². The highest BCUT2D eigenvalue weighted by atomic mass is 32.1. The maximum atomic E-state index is 11.5. The van der Waals surface area contributed by atoms with Gasteiger partial charge in [-0.05, 0) is 12.8 Å². The van der Waals surface area contributed by atoms with Crippen molar-refractivity contribution in [3.8, 4) is 0 Å². The van der Waals surface area contributed by atoms with Gasteiger partial charge in [0.1, 0.15) is 22.7 Å². The van der Waals surface area contributed by atoms with Gasteiger partial charge in [0.25, 0.3) is 0 Å². The van der Waals surface area contributed by atoms with Crippen LogP contribution in [0.1, 0.15) is 25.5 Å². The number of fused-ring (bicyclic) bond motifs is 1. The van der Waals surface area contributed by atoms with Crippen molar-refractivity contribution in [1.29, 1.82) is 0 Å². The molecule has 12 nitrogen and oxygen atoms in total. The molecule has 13 heteroatoms. The van der Waals surface area contributed by atoms with Gasteiger partial charge in [-0.15, -0.1) is 12.6 Å². The van der Waals surface area contributed by atoms with Crippen LogP contribution in [0.25, 0.3) is 11.2 Å². The fourth-order valence-electron chi connectivity index (χ4n) is 3.14. The van der Waals surface area contributed by atoms with Gasteiger partial charge in [-0.2, -0.15) is 4.98 Å². The number of carbonyl (C=O) groups excluding carboxylic acids is 1. The molecule has 1 aliphatic rings. The van der Waals surface area contributed by atoms with E-state index < -0.39 is 24.5 Å². The number of amides is 1. The van der Waals surface area contributed by atoms with Crippen molar-refractivity contribution in [1.82, 2.24) is 24.8 Å². The summed E-state index contributed by atoms with van der Waals surface area (Å²) in [5, 5.41) is 34.5. The van der Waals surface area contributed by atoms with Crippen LogP contribution in [0.5, 0.6) is 0 Å². The Balaban J connectivity index is 1.57. The number of nitrogens with one attached hydrogen (secondary N) is 2. The SMILES string of the molecule is NC(CO)C(=O)NCCCCNc1nc(S)c2ncn([C@@H]3O[C@H](CO)CC3O)c2n1. The second-order valence-electron chi connectivity index (χ2n) is 7.04. The van der Waals surface area contributed by atoms with Gasteiger partial charge in [0.05, 0.1) is 25.6 Å². The smallest absolute Gasteiger partial charge is 0.239 e. The molecule has 0 radical (unpaired) electrons. The Morgan fingerprint density at radius 3 is 2.83 bits per heavy atom. The quantitative estimate of drug-likeness (QED) is 0.129. The molecule has 1 fully saturated rings. The van der Waals surface area contributed by atoms with Gasteiger partial charge in [-0.3, -0.25) is 9.36 Å². The summed E-state index contributed by atoms with van der Waals surface area (Å²) < 4.78 is 7.30. The van der Waals surface area contributed by atoms with Gasteiger partial charge >= 0.3 is 0 Å². The fraction of sp³-hybridized carbons (Fsp3) is 0.647. The Kier molecular flexibility index (Phi) is 7.80. The largest absolute Gasteiger partial charge is 0.394 e. The van der Waals surface area contributed by atoms with Gasteiger partial charge in [-0.1, -0.05) is 0 Å². The minimum absolute atomic E-state index is 0.174. The number of aliphatic hydroxyl groups is 3. The van der Waals surface area contributed by atoms with E-state index in [1.165, 1.54) is 6.33 Å². The molecule has 1 saturated heterocycles. The van der Waals surface area contributed by atoms with Gasteiger partial charge < -0.3 is 36.4 Å². The highest BCUT2D eigenvalue weighted by Crippen LogP contribution is 2.31. The van der Waals surface area contributed by atoms with E-state index in [9.17, 15) is 15.0 Å². The van der Waals surface area contributed by atoms with Crippen molar-refractivity contribution in [2.45, 2.75) is 48.8 Å². The Morgan fingerprint density at radius 2 is 2.13 bits per heavy atom. The molecule has 4 atom stereocenters. The van der Waals surface area contributed by atoms with E-state index in [2.05, 4.69) is 38.2 Å². The zero-order valence-corrected chi connectivity index (χ0v) is 17.2. The zero-order chi connectivity index (χ0) is 21.7. The molecule has 1 amide bonds. The van der Waals surface area contributed by atoms with Crippen LogP contribution in [0.15, 0.2) is 11.4 Å². The molecule has 1 aliphatic heterocycles. The molecule has 2 aromatic heterocycles. The molecule has 2 unspecified atom stereocenters. The standard InChI is InChI=1S/C17H27N7O5S/c18-10(7-26)14(28)19-3-1-2-4-20-17-22-13-12(15(30)23-17)21-8-24(13)16-11(27)5-9(6-25)29-16/h8-11,16,25-27H,1-7,18H2,(H,19,28)(H2,20,22,23,30)/t9-,10?,11?,16+/m0/s1. The Labute approximate surface area is 178 Å². The molecule has 166 valence electrons. The molecule has 7 N–H and O–H groups in total. The van der Waals surface area contributed by atoms with Crippen LogP contribution in [0.3, 0.4) is 0 Å².